The maximum atomic E-state index is 13.5. The Hall–Kier alpha value is -2.95. The molecule has 1 aliphatic rings. The van der Waals surface area contributed by atoms with Crippen molar-refractivity contribution in [3.63, 3.8) is 0 Å². The summed E-state index contributed by atoms with van der Waals surface area (Å²) in [6, 6.07) is 2.55. The van der Waals surface area contributed by atoms with Crippen molar-refractivity contribution in [2.24, 2.45) is 0 Å². The van der Waals surface area contributed by atoms with Crippen molar-refractivity contribution in [2.45, 2.75) is 31.9 Å². The average molecular weight is 424 g/mol. The van der Waals surface area contributed by atoms with Gasteiger partial charge >= 0.3 is 12.1 Å². The van der Waals surface area contributed by atoms with E-state index in [9.17, 15) is 22.8 Å². The van der Waals surface area contributed by atoms with Crippen molar-refractivity contribution < 1.29 is 27.5 Å². The summed E-state index contributed by atoms with van der Waals surface area (Å²) >= 11 is 1.15. The summed E-state index contributed by atoms with van der Waals surface area (Å²) in [5.74, 6) is -1.38. The van der Waals surface area contributed by atoms with Gasteiger partial charge in [0.1, 0.15) is 16.3 Å². The first kappa shape index (κ1) is 19.4. The molecule has 1 saturated carbocycles. The molecule has 152 valence electrons. The Labute approximate surface area is 166 Å². The second-order valence-electron chi connectivity index (χ2n) is 6.68. The van der Waals surface area contributed by atoms with E-state index in [1.165, 1.54) is 7.11 Å². The van der Waals surface area contributed by atoms with Gasteiger partial charge in [-0.2, -0.15) is 18.3 Å². The minimum absolute atomic E-state index is 0.0437. The summed E-state index contributed by atoms with van der Waals surface area (Å²) in [7, 11) is 1.22. The Balaban J connectivity index is 1.76. The molecule has 1 N–H and O–H groups in total. The van der Waals surface area contributed by atoms with E-state index in [4.69, 9.17) is 4.74 Å². The molecule has 0 atom stereocenters. The van der Waals surface area contributed by atoms with E-state index in [2.05, 4.69) is 15.4 Å². The lowest BCUT2D eigenvalue weighted by Crippen LogP contribution is -2.16. The first-order chi connectivity index (χ1) is 13.7. The number of rotatable bonds is 4. The van der Waals surface area contributed by atoms with Gasteiger partial charge in [0.25, 0.3) is 5.91 Å². The summed E-state index contributed by atoms with van der Waals surface area (Å²) < 4.78 is 45.8. The Morgan fingerprint density at radius 3 is 2.62 bits per heavy atom. The highest BCUT2D eigenvalue weighted by molar-refractivity contribution is 7.16. The molecule has 0 unspecified atom stereocenters. The maximum Gasteiger partial charge on any atom is 0.433 e. The molecular formula is C18H15F3N4O3S. The van der Waals surface area contributed by atoms with Crippen LogP contribution in [0, 0.1) is 6.92 Å². The minimum Gasteiger partial charge on any atom is -0.465 e. The van der Waals surface area contributed by atoms with E-state index in [0.717, 1.165) is 41.3 Å². The minimum atomic E-state index is -4.65. The van der Waals surface area contributed by atoms with Crippen LogP contribution < -0.4 is 5.32 Å². The number of esters is 1. The largest absolute Gasteiger partial charge is 0.465 e. The molecule has 1 amide bonds. The second-order valence-corrected chi connectivity index (χ2v) is 7.93. The monoisotopic (exact) mass is 424 g/mol. The van der Waals surface area contributed by atoms with Crippen LogP contribution >= 0.6 is 11.3 Å². The number of halogens is 3. The van der Waals surface area contributed by atoms with Crippen LogP contribution in [0.4, 0.5) is 18.2 Å². The highest BCUT2D eigenvalue weighted by Gasteiger charge is 2.38. The van der Waals surface area contributed by atoms with Crippen LogP contribution in [0.3, 0.4) is 0 Å². The summed E-state index contributed by atoms with van der Waals surface area (Å²) in [4.78, 5) is 29.7. The van der Waals surface area contributed by atoms with Crippen molar-refractivity contribution in [3.8, 4) is 0 Å². The highest BCUT2D eigenvalue weighted by Crippen LogP contribution is 2.41. The molecule has 0 saturated heterocycles. The van der Waals surface area contributed by atoms with E-state index in [0.29, 0.717) is 10.2 Å². The topological polar surface area (TPSA) is 85.6 Å². The molecule has 0 aliphatic heterocycles. The SMILES string of the molecule is COC(=O)c1cc(C)sc1NC(=O)c1cnn2c(C(F)(F)F)cc(C3CC3)nc12. The summed E-state index contributed by atoms with van der Waals surface area (Å²) in [5.41, 5.74) is -0.804. The van der Waals surface area contributed by atoms with Crippen molar-refractivity contribution in [3.05, 3.63) is 45.7 Å². The van der Waals surface area contributed by atoms with Crippen LogP contribution in [0.25, 0.3) is 5.65 Å². The molecule has 11 heteroatoms. The predicted octanol–water partition coefficient (Wildman–Crippen LogP) is 4.03. The van der Waals surface area contributed by atoms with Gasteiger partial charge in [-0.25, -0.2) is 14.3 Å². The number of carbonyl (C=O) groups is 2. The zero-order valence-corrected chi connectivity index (χ0v) is 16.1. The molecule has 4 rings (SSSR count). The Morgan fingerprint density at radius 1 is 1.28 bits per heavy atom. The number of ether oxygens (including phenoxy) is 1. The first-order valence-corrected chi connectivity index (χ1v) is 9.46. The fourth-order valence-corrected chi connectivity index (χ4v) is 3.87. The van der Waals surface area contributed by atoms with E-state index < -0.39 is 23.7 Å². The lowest BCUT2D eigenvalue weighted by molar-refractivity contribution is -0.142. The molecule has 29 heavy (non-hydrogen) atoms. The molecule has 0 spiro atoms. The number of aryl methyl sites for hydroxylation is 1. The first-order valence-electron chi connectivity index (χ1n) is 8.65. The Kier molecular flexibility index (Phi) is 4.56. The van der Waals surface area contributed by atoms with Gasteiger partial charge in [0.05, 0.1) is 18.9 Å². The number of thiophene rings is 1. The summed E-state index contributed by atoms with van der Waals surface area (Å²) in [5, 5.41) is 6.54. The smallest absolute Gasteiger partial charge is 0.433 e. The van der Waals surface area contributed by atoms with Gasteiger partial charge in [-0.05, 0) is 31.9 Å². The van der Waals surface area contributed by atoms with Gasteiger partial charge < -0.3 is 10.1 Å². The molecule has 1 aliphatic carbocycles. The van der Waals surface area contributed by atoms with Crippen LogP contribution in [-0.4, -0.2) is 33.6 Å². The van der Waals surface area contributed by atoms with Crippen molar-refractivity contribution in [2.75, 3.05) is 12.4 Å². The van der Waals surface area contributed by atoms with Crippen LogP contribution in [-0.2, 0) is 10.9 Å². The number of hydrogen-bond donors (Lipinski definition) is 1. The fraction of sp³-hybridized carbons (Fsp3) is 0.333. The molecule has 3 heterocycles. The number of fused-ring (bicyclic) bond motifs is 1. The Bertz CT molecular complexity index is 1130. The number of nitrogens with one attached hydrogen (secondary N) is 1. The van der Waals surface area contributed by atoms with E-state index >= 15 is 0 Å². The number of methoxy groups -OCH3 is 1. The number of alkyl halides is 3. The lowest BCUT2D eigenvalue weighted by atomic mass is 10.2. The van der Waals surface area contributed by atoms with Crippen LogP contribution in [0.5, 0.6) is 0 Å². The number of hydrogen-bond acceptors (Lipinski definition) is 6. The van der Waals surface area contributed by atoms with Crippen molar-refractivity contribution >= 4 is 33.9 Å². The van der Waals surface area contributed by atoms with Gasteiger partial charge in [-0.15, -0.1) is 11.3 Å². The molecule has 7 nitrogen and oxygen atoms in total. The van der Waals surface area contributed by atoms with Gasteiger partial charge in [0.15, 0.2) is 5.65 Å². The van der Waals surface area contributed by atoms with Crippen molar-refractivity contribution in [1.29, 1.82) is 0 Å². The van der Waals surface area contributed by atoms with Crippen LogP contribution in [0.1, 0.15) is 55.7 Å². The average Bonchev–Trinajstić information content (AvgIpc) is 3.32. The third-order valence-corrected chi connectivity index (χ3v) is 5.48. The molecule has 0 aromatic carbocycles. The van der Waals surface area contributed by atoms with E-state index in [1.54, 1.807) is 13.0 Å². The summed E-state index contributed by atoms with van der Waals surface area (Å²) in [6.45, 7) is 1.75. The predicted molar refractivity (Wildman–Crippen MR) is 98.3 cm³/mol. The van der Waals surface area contributed by atoms with Gasteiger partial charge in [0, 0.05) is 16.5 Å². The lowest BCUT2D eigenvalue weighted by Gasteiger charge is -2.11. The quantitative estimate of drug-likeness (QED) is 0.639. The molecule has 3 aromatic rings. The Morgan fingerprint density at radius 2 is 2.00 bits per heavy atom. The summed E-state index contributed by atoms with van der Waals surface area (Å²) in [6.07, 6.45) is -2.09. The number of anilines is 1. The zero-order chi connectivity index (χ0) is 20.9. The number of carbonyl (C=O) groups excluding carboxylic acids is 2. The third kappa shape index (κ3) is 3.57. The molecule has 1 fully saturated rings. The standard InChI is InChI=1S/C18H15F3N4O3S/c1-8-5-10(17(27)28-2)16(29-8)24-15(26)11-7-22-25-13(18(19,20)21)6-12(9-3-4-9)23-14(11)25/h5-7,9H,3-4H2,1-2H3,(H,24,26). The fourth-order valence-electron chi connectivity index (χ4n) is 2.97. The van der Waals surface area contributed by atoms with Gasteiger partial charge in [-0.1, -0.05) is 0 Å². The second kappa shape index (κ2) is 6.83. The maximum absolute atomic E-state index is 13.5. The van der Waals surface area contributed by atoms with E-state index in [-0.39, 0.29) is 27.7 Å². The molecule has 0 bridgehead atoms. The van der Waals surface area contributed by atoms with Crippen molar-refractivity contribution in [1.82, 2.24) is 14.6 Å². The highest BCUT2D eigenvalue weighted by atomic mass is 32.1. The number of amides is 1. The number of aromatic nitrogens is 3. The van der Waals surface area contributed by atoms with E-state index in [1.807, 2.05) is 0 Å². The van der Waals surface area contributed by atoms with Crippen LogP contribution in [0.2, 0.25) is 0 Å². The molecular weight excluding hydrogens is 409 g/mol. The number of nitrogens with zero attached hydrogens (tertiary/aromatic N) is 3. The third-order valence-electron chi connectivity index (χ3n) is 4.51. The van der Waals surface area contributed by atoms with Gasteiger partial charge in [0.2, 0.25) is 0 Å². The van der Waals surface area contributed by atoms with Crippen LogP contribution in [0.15, 0.2) is 18.3 Å². The zero-order valence-electron chi connectivity index (χ0n) is 15.3. The van der Waals surface area contributed by atoms with Gasteiger partial charge in [-0.3, -0.25) is 4.79 Å². The normalized spacial score (nSPS) is 14.2. The molecule has 0 radical (unpaired) electrons. The molecule has 3 aromatic heterocycles.